The third-order valence-corrected chi connectivity index (χ3v) is 3.73. The highest BCUT2D eigenvalue weighted by molar-refractivity contribution is 5.28. The monoisotopic (exact) mass is 258 g/mol. The predicted molar refractivity (Wildman–Crippen MR) is 76.9 cm³/mol. The van der Waals surface area contributed by atoms with Gasteiger partial charge >= 0.3 is 0 Å². The summed E-state index contributed by atoms with van der Waals surface area (Å²) in [6, 6.07) is 2.36. The number of pyridine rings is 1. The third-order valence-electron chi connectivity index (χ3n) is 3.73. The van der Waals surface area contributed by atoms with Gasteiger partial charge in [0.25, 0.3) is 0 Å². The quantitative estimate of drug-likeness (QED) is 0.916. The van der Waals surface area contributed by atoms with Gasteiger partial charge in [0.2, 0.25) is 0 Å². The van der Waals surface area contributed by atoms with E-state index in [4.69, 9.17) is 0 Å². The van der Waals surface area contributed by atoms with Crippen molar-refractivity contribution in [2.75, 3.05) is 0 Å². The normalized spacial score (nSPS) is 12.7. The smallest absolute Gasteiger partial charge is 0.0644 e. The van der Waals surface area contributed by atoms with Crippen LogP contribution < -0.4 is 5.32 Å². The number of nitrogens with zero attached hydrogens (tertiary/aromatic N) is 3. The van der Waals surface area contributed by atoms with Crippen LogP contribution in [0.5, 0.6) is 0 Å². The number of rotatable bonds is 4. The Morgan fingerprint density at radius 3 is 2.63 bits per heavy atom. The van der Waals surface area contributed by atoms with Crippen LogP contribution in [0.2, 0.25) is 0 Å². The molecule has 1 atom stereocenters. The van der Waals surface area contributed by atoms with Gasteiger partial charge in [0.1, 0.15) is 0 Å². The van der Waals surface area contributed by atoms with E-state index >= 15 is 0 Å². The first-order chi connectivity index (χ1) is 9.00. The highest BCUT2D eigenvalue weighted by Gasteiger charge is 2.15. The molecule has 0 spiro atoms. The van der Waals surface area contributed by atoms with Crippen molar-refractivity contribution in [2.45, 2.75) is 40.3 Å². The largest absolute Gasteiger partial charge is 0.306 e. The fourth-order valence-corrected chi connectivity index (χ4v) is 2.48. The van der Waals surface area contributed by atoms with Crippen molar-refractivity contribution in [2.24, 2.45) is 7.05 Å². The first-order valence-corrected chi connectivity index (χ1v) is 6.63. The Morgan fingerprint density at radius 2 is 2.05 bits per heavy atom. The Bertz CT molecular complexity index is 572. The summed E-state index contributed by atoms with van der Waals surface area (Å²) in [5, 5.41) is 8.04. The molecule has 4 heteroatoms. The molecular weight excluding hydrogens is 236 g/mol. The molecule has 2 heterocycles. The van der Waals surface area contributed by atoms with Gasteiger partial charge in [-0.05, 0) is 44.9 Å². The molecule has 1 N–H and O–H groups in total. The Morgan fingerprint density at radius 1 is 1.32 bits per heavy atom. The van der Waals surface area contributed by atoms with Gasteiger partial charge in [0.15, 0.2) is 0 Å². The van der Waals surface area contributed by atoms with Gasteiger partial charge in [0.05, 0.1) is 5.69 Å². The molecule has 19 heavy (non-hydrogen) atoms. The van der Waals surface area contributed by atoms with Gasteiger partial charge in [-0.2, -0.15) is 5.10 Å². The van der Waals surface area contributed by atoms with Crippen molar-refractivity contribution in [3.63, 3.8) is 0 Å². The number of aryl methyl sites for hydroxylation is 3. The second-order valence-corrected chi connectivity index (χ2v) is 5.11. The SMILES string of the molecule is Cc1cnccc1CNC(C)c1c(C)nn(C)c1C. The lowest BCUT2D eigenvalue weighted by atomic mass is 10.1. The number of hydrogen-bond acceptors (Lipinski definition) is 3. The zero-order valence-corrected chi connectivity index (χ0v) is 12.4. The minimum atomic E-state index is 0.293. The van der Waals surface area contributed by atoms with Crippen LogP contribution in [0.15, 0.2) is 18.5 Å². The molecule has 4 nitrogen and oxygen atoms in total. The van der Waals surface area contributed by atoms with E-state index in [1.165, 1.54) is 22.4 Å². The van der Waals surface area contributed by atoms with Crippen molar-refractivity contribution >= 4 is 0 Å². The van der Waals surface area contributed by atoms with E-state index in [-0.39, 0.29) is 0 Å². The predicted octanol–water partition coefficient (Wildman–Crippen LogP) is 2.59. The van der Waals surface area contributed by atoms with Crippen LogP contribution in [0.25, 0.3) is 0 Å². The van der Waals surface area contributed by atoms with Crippen LogP contribution in [0.3, 0.4) is 0 Å². The minimum Gasteiger partial charge on any atom is -0.306 e. The molecule has 0 saturated carbocycles. The van der Waals surface area contributed by atoms with Crippen molar-refractivity contribution < 1.29 is 0 Å². The molecule has 1 unspecified atom stereocenters. The topological polar surface area (TPSA) is 42.7 Å². The van der Waals surface area contributed by atoms with Crippen LogP contribution in [0.1, 0.15) is 41.0 Å². The summed E-state index contributed by atoms with van der Waals surface area (Å²) in [5.41, 5.74) is 6.15. The summed E-state index contributed by atoms with van der Waals surface area (Å²) in [4.78, 5) is 4.12. The Labute approximate surface area is 114 Å². The summed E-state index contributed by atoms with van der Waals surface area (Å²) in [6.45, 7) is 9.31. The van der Waals surface area contributed by atoms with Crippen LogP contribution in [0.4, 0.5) is 0 Å². The number of nitrogens with one attached hydrogen (secondary N) is 1. The van der Waals surface area contributed by atoms with E-state index in [2.05, 4.69) is 49.2 Å². The molecule has 0 amide bonds. The first-order valence-electron chi connectivity index (χ1n) is 6.63. The average Bonchev–Trinajstić information content (AvgIpc) is 2.62. The lowest BCUT2D eigenvalue weighted by molar-refractivity contribution is 0.567. The number of hydrogen-bond donors (Lipinski definition) is 1. The van der Waals surface area contributed by atoms with E-state index in [1.54, 1.807) is 0 Å². The molecule has 0 aliphatic carbocycles. The van der Waals surface area contributed by atoms with Crippen molar-refractivity contribution in [1.82, 2.24) is 20.1 Å². The molecule has 0 aliphatic rings. The molecular formula is C15H22N4. The third kappa shape index (κ3) is 2.84. The van der Waals surface area contributed by atoms with Crippen LogP contribution >= 0.6 is 0 Å². The molecule has 2 rings (SSSR count). The molecule has 0 radical (unpaired) electrons. The first kappa shape index (κ1) is 13.7. The van der Waals surface area contributed by atoms with Crippen LogP contribution in [-0.2, 0) is 13.6 Å². The average molecular weight is 258 g/mol. The van der Waals surface area contributed by atoms with Gasteiger partial charge < -0.3 is 5.32 Å². The maximum atomic E-state index is 4.47. The highest BCUT2D eigenvalue weighted by Crippen LogP contribution is 2.21. The summed E-state index contributed by atoms with van der Waals surface area (Å²) in [6.07, 6.45) is 3.75. The minimum absolute atomic E-state index is 0.293. The maximum absolute atomic E-state index is 4.47. The van der Waals surface area contributed by atoms with Gasteiger partial charge in [0, 0.05) is 43.3 Å². The molecule has 0 aliphatic heterocycles. The van der Waals surface area contributed by atoms with E-state index in [0.717, 1.165) is 12.2 Å². The zero-order chi connectivity index (χ0) is 14.0. The van der Waals surface area contributed by atoms with Gasteiger partial charge in [-0.3, -0.25) is 9.67 Å². The van der Waals surface area contributed by atoms with Crippen LogP contribution in [-0.4, -0.2) is 14.8 Å². The molecule has 0 saturated heterocycles. The van der Waals surface area contributed by atoms with Gasteiger partial charge in [-0.25, -0.2) is 0 Å². The molecule has 2 aromatic heterocycles. The summed E-state index contributed by atoms with van der Waals surface area (Å²) >= 11 is 0. The fraction of sp³-hybridized carbons (Fsp3) is 0.467. The molecule has 2 aromatic rings. The summed E-state index contributed by atoms with van der Waals surface area (Å²) in [7, 11) is 1.99. The van der Waals surface area contributed by atoms with E-state index in [9.17, 15) is 0 Å². The summed E-state index contributed by atoms with van der Waals surface area (Å²) < 4.78 is 1.94. The Hall–Kier alpha value is -1.68. The second kappa shape index (κ2) is 5.53. The van der Waals surface area contributed by atoms with E-state index in [1.807, 2.05) is 24.1 Å². The van der Waals surface area contributed by atoms with E-state index in [0.29, 0.717) is 6.04 Å². The van der Waals surface area contributed by atoms with Crippen molar-refractivity contribution in [1.29, 1.82) is 0 Å². The molecule has 0 fully saturated rings. The second-order valence-electron chi connectivity index (χ2n) is 5.11. The lowest BCUT2D eigenvalue weighted by Gasteiger charge is -2.15. The van der Waals surface area contributed by atoms with Gasteiger partial charge in [-0.1, -0.05) is 0 Å². The number of aromatic nitrogens is 3. The fourth-order valence-electron chi connectivity index (χ4n) is 2.48. The van der Waals surface area contributed by atoms with E-state index < -0.39 is 0 Å². The highest BCUT2D eigenvalue weighted by atomic mass is 15.3. The maximum Gasteiger partial charge on any atom is 0.0644 e. The van der Waals surface area contributed by atoms with Crippen molar-refractivity contribution in [3.8, 4) is 0 Å². The Kier molecular flexibility index (Phi) is 4.00. The standard InChI is InChI=1S/C15H22N4/c1-10-8-16-7-6-14(10)9-17-11(2)15-12(3)18-19(5)13(15)4/h6-8,11,17H,9H2,1-5H3. The van der Waals surface area contributed by atoms with Crippen molar-refractivity contribution in [3.05, 3.63) is 46.5 Å². The summed E-state index contributed by atoms with van der Waals surface area (Å²) in [5.74, 6) is 0. The molecule has 0 bridgehead atoms. The Balaban J connectivity index is 2.10. The lowest BCUT2D eigenvalue weighted by Crippen LogP contribution is -2.19. The van der Waals surface area contributed by atoms with Gasteiger partial charge in [-0.15, -0.1) is 0 Å². The van der Waals surface area contributed by atoms with Crippen LogP contribution in [0, 0.1) is 20.8 Å². The molecule has 102 valence electrons. The zero-order valence-electron chi connectivity index (χ0n) is 12.4. The molecule has 0 aromatic carbocycles.